The third kappa shape index (κ3) is 8.26. The second kappa shape index (κ2) is 11.8. The Morgan fingerprint density at radius 1 is 1.24 bits per heavy atom. The second-order valence-corrected chi connectivity index (χ2v) is 4.96. The topological polar surface area (TPSA) is 53.6 Å². The van der Waals surface area contributed by atoms with E-state index in [2.05, 4.69) is 60.2 Å². The average molecular weight is 404 g/mol. The fraction of sp³-hybridized carbons (Fsp3) is 0.562. The van der Waals surface area contributed by atoms with E-state index in [1.807, 2.05) is 6.07 Å². The first-order valence-corrected chi connectivity index (χ1v) is 7.49. The van der Waals surface area contributed by atoms with E-state index in [4.69, 9.17) is 5.73 Å². The summed E-state index contributed by atoms with van der Waals surface area (Å²) in [4.78, 5) is 6.79. The van der Waals surface area contributed by atoms with Crippen LogP contribution >= 0.6 is 24.0 Å². The molecular formula is C16H29IN4. The molecule has 0 heterocycles. The van der Waals surface area contributed by atoms with E-state index in [0.717, 1.165) is 32.6 Å². The number of nitrogens with two attached hydrogens (primary N) is 1. The minimum Gasteiger partial charge on any atom is -0.370 e. The Hall–Kier alpha value is -0.820. The Morgan fingerprint density at radius 2 is 1.86 bits per heavy atom. The lowest BCUT2D eigenvalue weighted by Gasteiger charge is -2.24. The smallest absolute Gasteiger partial charge is 0.188 e. The van der Waals surface area contributed by atoms with Gasteiger partial charge in [-0.2, -0.15) is 0 Å². The zero-order valence-electron chi connectivity index (χ0n) is 13.4. The van der Waals surface area contributed by atoms with Gasteiger partial charge in [-0.25, -0.2) is 0 Å². The van der Waals surface area contributed by atoms with E-state index in [-0.39, 0.29) is 24.0 Å². The lowest BCUT2D eigenvalue weighted by atomic mass is 10.1. The maximum absolute atomic E-state index is 5.89. The first-order valence-electron chi connectivity index (χ1n) is 7.49. The van der Waals surface area contributed by atoms with Crippen molar-refractivity contribution >= 4 is 29.9 Å². The Kier molecular flexibility index (Phi) is 11.3. The number of aliphatic imine (C=N–C) groups is 1. The number of nitrogens with zero attached hydrogens (tertiary/aromatic N) is 2. The van der Waals surface area contributed by atoms with Crippen LogP contribution in [0.5, 0.6) is 0 Å². The van der Waals surface area contributed by atoms with Crippen LogP contribution in [-0.4, -0.2) is 43.1 Å². The van der Waals surface area contributed by atoms with E-state index >= 15 is 0 Å². The third-order valence-electron chi connectivity index (χ3n) is 3.52. The quantitative estimate of drug-likeness (QED) is 0.398. The second-order valence-electron chi connectivity index (χ2n) is 4.96. The van der Waals surface area contributed by atoms with Crippen molar-refractivity contribution in [2.45, 2.75) is 33.2 Å². The van der Waals surface area contributed by atoms with Gasteiger partial charge in [0.2, 0.25) is 0 Å². The monoisotopic (exact) mass is 404 g/mol. The van der Waals surface area contributed by atoms with E-state index < -0.39 is 0 Å². The zero-order chi connectivity index (χ0) is 14.8. The van der Waals surface area contributed by atoms with E-state index in [1.165, 1.54) is 5.56 Å². The van der Waals surface area contributed by atoms with Crippen LogP contribution in [0.1, 0.15) is 26.3 Å². The molecule has 120 valence electrons. The molecule has 0 aliphatic heterocycles. The fourth-order valence-corrected chi connectivity index (χ4v) is 2.23. The minimum absolute atomic E-state index is 0. The Morgan fingerprint density at radius 3 is 2.43 bits per heavy atom. The largest absolute Gasteiger partial charge is 0.370 e. The van der Waals surface area contributed by atoms with E-state index in [9.17, 15) is 0 Å². The molecule has 3 N–H and O–H groups in total. The minimum atomic E-state index is 0. The van der Waals surface area contributed by atoms with Gasteiger partial charge in [0, 0.05) is 12.6 Å². The van der Waals surface area contributed by atoms with Gasteiger partial charge in [0.05, 0.1) is 6.54 Å². The van der Waals surface area contributed by atoms with Gasteiger partial charge in [-0.1, -0.05) is 44.2 Å². The van der Waals surface area contributed by atoms with Crippen LogP contribution < -0.4 is 11.1 Å². The van der Waals surface area contributed by atoms with Gasteiger partial charge < -0.3 is 11.1 Å². The lowest BCUT2D eigenvalue weighted by molar-refractivity contribution is 0.237. The summed E-state index contributed by atoms with van der Waals surface area (Å²) in [7, 11) is 0. The highest BCUT2D eigenvalue weighted by Crippen LogP contribution is 1.99. The van der Waals surface area contributed by atoms with Crippen LogP contribution in [0, 0.1) is 0 Å². The number of halogens is 1. The summed E-state index contributed by atoms with van der Waals surface area (Å²) in [5.41, 5.74) is 7.20. The predicted octanol–water partition coefficient (Wildman–Crippen LogP) is 2.48. The van der Waals surface area contributed by atoms with Crippen molar-refractivity contribution in [2.75, 3.05) is 26.2 Å². The van der Waals surface area contributed by atoms with Crippen molar-refractivity contribution in [1.82, 2.24) is 10.2 Å². The number of likely N-dealkylation sites (N-methyl/N-ethyl adjacent to an activating group) is 1. The molecule has 0 aromatic heterocycles. The van der Waals surface area contributed by atoms with Crippen LogP contribution in [0.2, 0.25) is 0 Å². The molecule has 0 aliphatic rings. The summed E-state index contributed by atoms with van der Waals surface area (Å²) < 4.78 is 0. The molecule has 0 saturated carbocycles. The molecule has 1 aromatic carbocycles. The van der Waals surface area contributed by atoms with Crippen LogP contribution in [-0.2, 0) is 6.42 Å². The number of hydrogen-bond donors (Lipinski definition) is 2. The average Bonchev–Trinajstić information content (AvgIpc) is 2.47. The third-order valence-corrected chi connectivity index (χ3v) is 3.52. The summed E-state index contributed by atoms with van der Waals surface area (Å²) in [5.74, 6) is 0.542. The predicted molar refractivity (Wildman–Crippen MR) is 102 cm³/mol. The molecule has 1 atom stereocenters. The Bertz CT molecular complexity index is 391. The molecule has 5 heteroatoms. The zero-order valence-corrected chi connectivity index (χ0v) is 15.7. The fourth-order valence-electron chi connectivity index (χ4n) is 2.23. The molecule has 0 amide bonds. The standard InChI is InChI=1S/C16H28N4.HI/c1-4-20(5-2)14(3)13-19-16(17)18-12-11-15-9-7-6-8-10-15;/h6-10,14H,4-5,11-13H2,1-3H3,(H3,17,18,19);1H. The van der Waals surface area contributed by atoms with Crippen molar-refractivity contribution in [1.29, 1.82) is 0 Å². The molecule has 1 unspecified atom stereocenters. The molecule has 0 aliphatic carbocycles. The number of guanidine groups is 1. The van der Waals surface area contributed by atoms with Gasteiger partial charge in [0.1, 0.15) is 0 Å². The van der Waals surface area contributed by atoms with Gasteiger partial charge in [-0.05, 0) is 32.0 Å². The summed E-state index contributed by atoms with van der Waals surface area (Å²) in [6.07, 6.45) is 0.961. The normalized spacial score (nSPS) is 12.9. The van der Waals surface area contributed by atoms with Crippen molar-refractivity contribution in [3.63, 3.8) is 0 Å². The van der Waals surface area contributed by atoms with Gasteiger partial charge in [-0.15, -0.1) is 24.0 Å². The summed E-state index contributed by atoms with van der Waals surface area (Å²) in [6, 6.07) is 10.8. The molecule has 0 bridgehead atoms. The highest BCUT2D eigenvalue weighted by molar-refractivity contribution is 14.0. The first-order chi connectivity index (χ1) is 9.67. The van der Waals surface area contributed by atoms with Crippen LogP contribution in [0.4, 0.5) is 0 Å². The molecule has 0 fully saturated rings. The highest BCUT2D eigenvalue weighted by Gasteiger charge is 2.08. The number of rotatable bonds is 8. The molecule has 1 aromatic rings. The Labute approximate surface area is 146 Å². The van der Waals surface area contributed by atoms with E-state index in [0.29, 0.717) is 12.0 Å². The maximum atomic E-state index is 5.89. The first kappa shape index (κ1) is 20.2. The number of hydrogen-bond acceptors (Lipinski definition) is 2. The van der Waals surface area contributed by atoms with Crippen molar-refractivity contribution in [2.24, 2.45) is 10.7 Å². The molecule has 21 heavy (non-hydrogen) atoms. The maximum Gasteiger partial charge on any atom is 0.188 e. The highest BCUT2D eigenvalue weighted by atomic mass is 127. The number of benzene rings is 1. The van der Waals surface area contributed by atoms with Crippen LogP contribution in [0.3, 0.4) is 0 Å². The SMILES string of the molecule is CCN(CC)C(C)CN=C(N)NCCc1ccccc1.I. The van der Waals surface area contributed by atoms with Gasteiger partial charge in [0.25, 0.3) is 0 Å². The number of nitrogens with one attached hydrogen (secondary N) is 1. The lowest BCUT2D eigenvalue weighted by Crippen LogP contribution is -2.38. The van der Waals surface area contributed by atoms with Crippen molar-refractivity contribution in [3.05, 3.63) is 35.9 Å². The summed E-state index contributed by atoms with van der Waals surface area (Å²) in [6.45, 7) is 10.2. The van der Waals surface area contributed by atoms with Crippen molar-refractivity contribution < 1.29 is 0 Å². The van der Waals surface area contributed by atoms with Gasteiger partial charge in [-0.3, -0.25) is 9.89 Å². The molecular weight excluding hydrogens is 375 g/mol. The molecule has 0 spiro atoms. The van der Waals surface area contributed by atoms with Crippen molar-refractivity contribution in [3.8, 4) is 0 Å². The Balaban J connectivity index is 0.00000400. The van der Waals surface area contributed by atoms with Crippen LogP contribution in [0.15, 0.2) is 35.3 Å². The van der Waals surface area contributed by atoms with Gasteiger partial charge in [0.15, 0.2) is 5.96 Å². The molecule has 0 radical (unpaired) electrons. The molecule has 1 rings (SSSR count). The molecule has 4 nitrogen and oxygen atoms in total. The van der Waals surface area contributed by atoms with E-state index in [1.54, 1.807) is 0 Å². The molecule has 0 saturated heterocycles. The summed E-state index contributed by atoms with van der Waals surface area (Å²) in [5, 5.41) is 3.17. The van der Waals surface area contributed by atoms with Gasteiger partial charge >= 0.3 is 0 Å². The van der Waals surface area contributed by atoms with Crippen LogP contribution in [0.25, 0.3) is 0 Å². The summed E-state index contributed by atoms with van der Waals surface area (Å²) >= 11 is 0.